The van der Waals surface area contributed by atoms with Gasteiger partial charge in [-0.3, -0.25) is 9.69 Å². The van der Waals surface area contributed by atoms with Crippen molar-refractivity contribution in [1.29, 1.82) is 0 Å². The molecule has 3 amide bonds. The Morgan fingerprint density at radius 1 is 1.15 bits per heavy atom. The van der Waals surface area contributed by atoms with E-state index in [0.29, 0.717) is 13.0 Å². The van der Waals surface area contributed by atoms with Crippen LogP contribution in [-0.4, -0.2) is 79.1 Å². The molecule has 0 aliphatic carbocycles. The number of rotatable bonds is 6. The number of methoxy groups -OCH3 is 2. The fourth-order valence-electron chi connectivity index (χ4n) is 4.48. The molecule has 2 fully saturated rings. The molecular formula is C24H34N2O7. The van der Waals surface area contributed by atoms with Gasteiger partial charge < -0.3 is 18.9 Å². The molecule has 0 spiro atoms. The Kier molecular flexibility index (Phi) is 7.64. The molecule has 0 bridgehead atoms. The second-order valence-electron chi connectivity index (χ2n) is 9.49. The Bertz CT molecular complexity index is 854. The largest absolute Gasteiger partial charge is 0.446 e. The highest BCUT2D eigenvalue weighted by atomic mass is 16.6. The first-order chi connectivity index (χ1) is 15.6. The van der Waals surface area contributed by atoms with Crippen molar-refractivity contribution in [2.24, 2.45) is 5.92 Å². The topological polar surface area (TPSA) is 94.6 Å². The van der Waals surface area contributed by atoms with Gasteiger partial charge in [0, 0.05) is 14.2 Å². The molecular weight excluding hydrogens is 428 g/mol. The van der Waals surface area contributed by atoms with Crippen LogP contribution in [0.4, 0.5) is 9.59 Å². The van der Waals surface area contributed by atoms with Gasteiger partial charge in [0.05, 0.1) is 30.7 Å². The van der Waals surface area contributed by atoms with E-state index in [2.05, 4.69) is 0 Å². The number of ether oxygens (including phenoxy) is 4. The fraction of sp³-hybridized carbons (Fsp3) is 0.625. The number of amides is 3. The van der Waals surface area contributed by atoms with Gasteiger partial charge in [-0.25, -0.2) is 14.5 Å². The normalized spacial score (nSPS) is 25.0. The summed E-state index contributed by atoms with van der Waals surface area (Å²) in [6, 6.07) is 8.32. The number of imide groups is 1. The Labute approximate surface area is 194 Å². The predicted octanol–water partition coefficient (Wildman–Crippen LogP) is 3.38. The van der Waals surface area contributed by atoms with Gasteiger partial charge in [0.2, 0.25) is 5.91 Å². The third kappa shape index (κ3) is 5.47. The molecule has 0 saturated carbocycles. The van der Waals surface area contributed by atoms with Crippen molar-refractivity contribution in [2.75, 3.05) is 27.4 Å². The van der Waals surface area contributed by atoms with E-state index in [1.54, 1.807) is 39.7 Å². The second kappa shape index (κ2) is 10.1. The minimum atomic E-state index is -0.725. The van der Waals surface area contributed by atoms with Crippen LogP contribution >= 0.6 is 0 Å². The highest BCUT2D eigenvalue weighted by Crippen LogP contribution is 2.33. The summed E-state index contributed by atoms with van der Waals surface area (Å²) in [6.45, 7) is 7.52. The van der Waals surface area contributed by atoms with Crippen LogP contribution in [0.15, 0.2) is 30.3 Å². The molecule has 5 atom stereocenters. The SMILES string of the molecule is CO[C@@H]1C[C@@H]([C@H](OC)[C@@H](C)C(=O)N2C(=O)OC[C@H]2c2ccccc2)N(C(=O)OC(C)(C)C)C1. The van der Waals surface area contributed by atoms with Crippen LogP contribution in [0, 0.1) is 5.92 Å². The summed E-state index contributed by atoms with van der Waals surface area (Å²) in [5.74, 6) is -1.14. The predicted molar refractivity (Wildman–Crippen MR) is 119 cm³/mol. The summed E-state index contributed by atoms with van der Waals surface area (Å²) < 4.78 is 22.0. The maximum atomic E-state index is 13.5. The Balaban J connectivity index is 1.83. The van der Waals surface area contributed by atoms with Crippen molar-refractivity contribution >= 4 is 18.1 Å². The maximum absolute atomic E-state index is 13.5. The molecule has 9 nitrogen and oxygen atoms in total. The van der Waals surface area contributed by atoms with Crippen molar-refractivity contribution in [1.82, 2.24) is 9.80 Å². The number of nitrogens with zero attached hydrogens (tertiary/aromatic N) is 2. The molecule has 0 unspecified atom stereocenters. The van der Waals surface area contributed by atoms with Crippen LogP contribution in [0.5, 0.6) is 0 Å². The lowest BCUT2D eigenvalue weighted by atomic mass is 9.93. The number of cyclic esters (lactones) is 1. The zero-order chi connectivity index (χ0) is 24.3. The van der Waals surface area contributed by atoms with Gasteiger partial charge in [-0.05, 0) is 32.8 Å². The first-order valence-electron chi connectivity index (χ1n) is 11.2. The quantitative estimate of drug-likeness (QED) is 0.640. The lowest BCUT2D eigenvalue weighted by Crippen LogP contribution is -2.51. The zero-order valence-electron chi connectivity index (χ0n) is 20.1. The Morgan fingerprint density at radius 2 is 1.82 bits per heavy atom. The smallest absolute Gasteiger partial charge is 0.417 e. The van der Waals surface area contributed by atoms with Crippen LogP contribution < -0.4 is 0 Å². The van der Waals surface area contributed by atoms with Crippen molar-refractivity contribution in [3.05, 3.63) is 35.9 Å². The maximum Gasteiger partial charge on any atom is 0.417 e. The minimum absolute atomic E-state index is 0.0954. The minimum Gasteiger partial charge on any atom is -0.446 e. The summed E-state index contributed by atoms with van der Waals surface area (Å²) in [4.78, 5) is 41.7. The first-order valence-corrected chi connectivity index (χ1v) is 11.2. The third-order valence-corrected chi connectivity index (χ3v) is 6.09. The van der Waals surface area contributed by atoms with Crippen molar-refractivity contribution in [3.63, 3.8) is 0 Å². The van der Waals surface area contributed by atoms with Crippen LogP contribution in [-0.2, 0) is 23.7 Å². The molecule has 2 aliphatic heterocycles. The van der Waals surface area contributed by atoms with Gasteiger partial charge in [-0.1, -0.05) is 37.3 Å². The summed E-state index contributed by atoms with van der Waals surface area (Å²) in [5.41, 5.74) is 0.146. The first kappa shape index (κ1) is 25.0. The van der Waals surface area contributed by atoms with E-state index in [4.69, 9.17) is 18.9 Å². The van der Waals surface area contributed by atoms with Gasteiger partial charge in [0.1, 0.15) is 18.2 Å². The van der Waals surface area contributed by atoms with Gasteiger partial charge in [-0.15, -0.1) is 0 Å². The molecule has 1 aromatic carbocycles. The van der Waals surface area contributed by atoms with Crippen molar-refractivity contribution in [2.45, 2.75) is 64.0 Å². The molecule has 9 heteroatoms. The molecule has 182 valence electrons. The van der Waals surface area contributed by atoms with Gasteiger partial charge in [-0.2, -0.15) is 0 Å². The molecule has 3 rings (SSSR count). The molecule has 0 aromatic heterocycles. The molecule has 2 saturated heterocycles. The van der Waals surface area contributed by atoms with Crippen LogP contribution in [0.3, 0.4) is 0 Å². The second-order valence-corrected chi connectivity index (χ2v) is 9.49. The Hall–Kier alpha value is -2.65. The van der Waals surface area contributed by atoms with Crippen LogP contribution in [0.1, 0.15) is 45.7 Å². The van der Waals surface area contributed by atoms with Gasteiger partial charge in [0.25, 0.3) is 0 Å². The lowest BCUT2D eigenvalue weighted by Gasteiger charge is -2.35. The third-order valence-electron chi connectivity index (χ3n) is 6.09. The van der Waals surface area contributed by atoms with Crippen molar-refractivity contribution < 1.29 is 33.3 Å². The average molecular weight is 463 g/mol. The average Bonchev–Trinajstić information content (AvgIpc) is 3.37. The van der Waals surface area contributed by atoms with Gasteiger partial charge >= 0.3 is 12.2 Å². The van der Waals surface area contributed by atoms with Crippen LogP contribution in [0.2, 0.25) is 0 Å². The fourth-order valence-corrected chi connectivity index (χ4v) is 4.48. The number of likely N-dealkylation sites (tertiary alicyclic amines) is 1. The lowest BCUT2D eigenvalue weighted by molar-refractivity contribution is -0.139. The summed E-state index contributed by atoms with van der Waals surface area (Å²) >= 11 is 0. The molecule has 0 N–H and O–H groups in total. The Morgan fingerprint density at radius 3 is 2.39 bits per heavy atom. The van der Waals surface area contributed by atoms with Gasteiger partial charge in [0.15, 0.2) is 0 Å². The summed E-state index contributed by atoms with van der Waals surface area (Å²) in [5, 5.41) is 0. The van der Waals surface area contributed by atoms with E-state index in [1.165, 1.54) is 7.11 Å². The number of hydrogen-bond donors (Lipinski definition) is 0. The number of hydrogen-bond acceptors (Lipinski definition) is 7. The molecule has 33 heavy (non-hydrogen) atoms. The molecule has 1 aromatic rings. The monoisotopic (exact) mass is 462 g/mol. The molecule has 2 aliphatic rings. The van der Waals surface area contributed by atoms with Crippen LogP contribution in [0.25, 0.3) is 0 Å². The van der Waals surface area contributed by atoms with E-state index in [9.17, 15) is 14.4 Å². The molecule has 2 heterocycles. The number of benzene rings is 1. The summed E-state index contributed by atoms with van der Waals surface area (Å²) in [6.07, 6.45) is -1.57. The summed E-state index contributed by atoms with van der Waals surface area (Å²) in [7, 11) is 3.08. The highest BCUT2D eigenvalue weighted by Gasteiger charge is 2.48. The molecule has 0 radical (unpaired) electrons. The van der Waals surface area contributed by atoms with E-state index in [-0.39, 0.29) is 12.7 Å². The van der Waals surface area contributed by atoms with Crippen molar-refractivity contribution in [3.8, 4) is 0 Å². The highest BCUT2D eigenvalue weighted by molar-refractivity contribution is 5.95. The number of carbonyl (C=O) groups is 3. The zero-order valence-corrected chi connectivity index (χ0v) is 20.1. The number of carbonyl (C=O) groups excluding carboxylic acids is 3. The van der Waals surface area contributed by atoms with E-state index >= 15 is 0 Å². The van der Waals surface area contributed by atoms with E-state index in [0.717, 1.165) is 10.5 Å². The van der Waals surface area contributed by atoms with E-state index in [1.807, 2.05) is 30.3 Å². The standard InChI is InChI=1S/C24H34N2O7/c1-15(21(27)26-19(14-32-23(26)29)16-10-8-7-9-11-16)20(31-6)18-12-17(30-5)13-25(18)22(28)33-24(2,3)4/h7-11,15,17-20H,12-14H2,1-6H3/t15-,17-,18+,19+,20-/m1/s1. The van der Waals surface area contributed by atoms with E-state index < -0.39 is 47.8 Å².